The van der Waals surface area contributed by atoms with Crippen molar-refractivity contribution < 1.29 is 14.3 Å². The van der Waals surface area contributed by atoms with Crippen LogP contribution >= 0.6 is 0 Å². The summed E-state index contributed by atoms with van der Waals surface area (Å²) >= 11 is 0. The summed E-state index contributed by atoms with van der Waals surface area (Å²) < 4.78 is 10.6. The number of carbonyl (C=O) groups is 1. The summed E-state index contributed by atoms with van der Waals surface area (Å²) in [5.74, 6) is 1.10. The lowest BCUT2D eigenvalue weighted by Gasteiger charge is -2.15. The fourth-order valence-corrected chi connectivity index (χ4v) is 2.34. The van der Waals surface area contributed by atoms with Gasteiger partial charge in [-0.05, 0) is 37.0 Å². The maximum atomic E-state index is 12.1. The van der Waals surface area contributed by atoms with Gasteiger partial charge in [-0.1, -0.05) is 19.1 Å². The van der Waals surface area contributed by atoms with E-state index in [0.29, 0.717) is 0 Å². The van der Waals surface area contributed by atoms with Crippen molar-refractivity contribution in [3.63, 3.8) is 0 Å². The van der Waals surface area contributed by atoms with Gasteiger partial charge in [-0.3, -0.25) is 4.79 Å². The van der Waals surface area contributed by atoms with Crippen LogP contribution in [-0.2, 0) is 16.0 Å². The molecule has 0 aliphatic carbocycles. The lowest BCUT2D eigenvalue weighted by atomic mass is 9.93. The fraction of sp³-hybridized carbons (Fsp3) is 0.533. The summed E-state index contributed by atoms with van der Waals surface area (Å²) in [7, 11) is 1.65. The van der Waals surface area contributed by atoms with E-state index in [2.05, 4.69) is 0 Å². The van der Waals surface area contributed by atoms with Crippen LogP contribution in [0.2, 0.25) is 0 Å². The molecule has 98 valence electrons. The van der Waals surface area contributed by atoms with Gasteiger partial charge in [0.15, 0.2) is 5.78 Å². The molecule has 3 nitrogen and oxygen atoms in total. The monoisotopic (exact) mass is 248 g/mol. The van der Waals surface area contributed by atoms with E-state index in [-0.39, 0.29) is 17.8 Å². The summed E-state index contributed by atoms with van der Waals surface area (Å²) in [6, 6.07) is 7.88. The summed E-state index contributed by atoms with van der Waals surface area (Å²) in [4.78, 5) is 12.1. The molecule has 0 radical (unpaired) electrons. The first kappa shape index (κ1) is 13.1. The van der Waals surface area contributed by atoms with Gasteiger partial charge in [0.25, 0.3) is 0 Å². The minimum absolute atomic E-state index is 0.0153. The third kappa shape index (κ3) is 3.10. The van der Waals surface area contributed by atoms with Gasteiger partial charge < -0.3 is 9.47 Å². The van der Waals surface area contributed by atoms with Crippen LogP contribution in [0.1, 0.15) is 25.3 Å². The van der Waals surface area contributed by atoms with Gasteiger partial charge in [0, 0.05) is 12.5 Å². The number of benzene rings is 1. The zero-order chi connectivity index (χ0) is 13.0. The van der Waals surface area contributed by atoms with Crippen LogP contribution < -0.4 is 4.74 Å². The first-order chi connectivity index (χ1) is 8.70. The predicted molar refractivity (Wildman–Crippen MR) is 69.8 cm³/mol. The molecule has 0 N–H and O–H groups in total. The van der Waals surface area contributed by atoms with Gasteiger partial charge in [-0.2, -0.15) is 0 Å². The van der Waals surface area contributed by atoms with Crippen molar-refractivity contribution >= 4 is 5.78 Å². The molecule has 1 saturated heterocycles. The molecule has 18 heavy (non-hydrogen) atoms. The maximum absolute atomic E-state index is 12.1. The van der Waals surface area contributed by atoms with Gasteiger partial charge in [-0.15, -0.1) is 0 Å². The highest BCUT2D eigenvalue weighted by atomic mass is 16.5. The van der Waals surface area contributed by atoms with E-state index in [1.54, 1.807) is 7.11 Å². The zero-order valence-electron chi connectivity index (χ0n) is 11.0. The van der Waals surface area contributed by atoms with Gasteiger partial charge in [0.2, 0.25) is 0 Å². The van der Waals surface area contributed by atoms with Crippen molar-refractivity contribution in [3.8, 4) is 5.75 Å². The molecule has 0 amide bonds. The van der Waals surface area contributed by atoms with E-state index in [9.17, 15) is 4.79 Å². The van der Waals surface area contributed by atoms with E-state index in [4.69, 9.17) is 9.47 Å². The van der Waals surface area contributed by atoms with Crippen molar-refractivity contribution in [2.24, 2.45) is 5.92 Å². The number of rotatable bonds is 5. The largest absolute Gasteiger partial charge is 0.497 e. The van der Waals surface area contributed by atoms with E-state index >= 15 is 0 Å². The minimum atomic E-state index is -0.168. The van der Waals surface area contributed by atoms with Gasteiger partial charge in [0.1, 0.15) is 11.9 Å². The number of hydrogen-bond acceptors (Lipinski definition) is 3. The Bertz CT molecular complexity index is 391. The standard InChI is InChI=1S/C15H20O3/c1-11(15(16)14-4-3-9-18-14)10-12-5-7-13(17-2)8-6-12/h5-8,11,14H,3-4,9-10H2,1-2H3/t11-,14+/m0/s1. The van der Waals surface area contributed by atoms with Crippen molar-refractivity contribution in [1.82, 2.24) is 0 Å². The molecule has 0 saturated carbocycles. The van der Waals surface area contributed by atoms with Crippen LogP contribution in [0.5, 0.6) is 5.75 Å². The van der Waals surface area contributed by atoms with E-state index in [1.165, 1.54) is 0 Å². The Morgan fingerprint density at radius 1 is 1.44 bits per heavy atom. The Morgan fingerprint density at radius 3 is 2.72 bits per heavy atom. The average Bonchev–Trinajstić information content (AvgIpc) is 2.92. The summed E-state index contributed by atoms with van der Waals surface area (Å²) in [6.45, 7) is 2.71. The average molecular weight is 248 g/mol. The lowest BCUT2D eigenvalue weighted by Crippen LogP contribution is -2.27. The van der Waals surface area contributed by atoms with Gasteiger partial charge >= 0.3 is 0 Å². The van der Waals surface area contributed by atoms with Crippen molar-refractivity contribution in [2.75, 3.05) is 13.7 Å². The first-order valence-corrected chi connectivity index (χ1v) is 6.49. The second kappa shape index (κ2) is 6.01. The molecule has 0 unspecified atom stereocenters. The van der Waals surface area contributed by atoms with Gasteiger partial charge in [0.05, 0.1) is 7.11 Å². The van der Waals surface area contributed by atoms with Crippen LogP contribution in [0.15, 0.2) is 24.3 Å². The Hall–Kier alpha value is -1.35. The van der Waals surface area contributed by atoms with E-state index < -0.39 is 0 Å². The summed E-state index contributed by atoms with van der Waals surface area (Å²) in [6.07, 6.45) is 2.48. The molecule has 0 spiro atoms. The number of carbonyl (C=O) groups excluding carboxylic acids is 1. The molecule has 1 fully saturated rings. The highest BCUT2D eigenvalue weighted by Gasteiger charge is 2.27. The second-order valence-electron chi connectivity index (χ2n) is 4.86. The molecule has 1 aliphatic rings. The Kier molecular flexibility index (Phi) is 4.37. The van der Waals surface area contributed by atoms with Crippen LogP contribution in [0.4, 0.5) is 0 Å². The third-order valence-corrected chi connectivity index (χ3v) is 3.43. The first-order valence-electron chi connectivity index (χ1n) is 6.49. The van der Waals surface area contributed by atoms with Crippen LogP contribution in [0.25, 0.3) is 0 Å². The number of methoxy groups -OCH3 is 1. The predicted octanol–water partition coefficient (Wildman–Crippen LogP) is 2.62. The van der Waals surface area contributed by atoms with Crippen LogP contribution in [0.3, 0.4) is 0 Å². The normalized spacial score (nSPS) is 20.7. The lowest BCUT2D eigenvalue weighted by molar-refractivity contribution is -0.131. The minimum Gasteiger partial charge on any atom is -0.497 e. The smallest absolute Gasteiger partial charge is 0.164 e. The van der Waals surface area contributed by atoms with E-state index in [1.807, 2.05) is 31.2 Å². The highest BCUT2D eigenvalue weighted by Crippen LogP contribution is 2.20. The van der Waals surface area contributed by atoms with Crippen LogP contribution in [-0.4, -0.2) is 25.6 Å². The number of hydrogen-bond donors (Lipinski definition) is 0. The van der Waals surface area contributed by atoms with Gasteiger partial charge in [-0.25, -0.2) is 0 Å². The molecule has 1 heterocycles. The molecular formula is C15H20O3. The molecule has 1 aromatic rings. The van der Waals surface area contributed by atoms with Crippen LogP contribution in [0, 0.1) is 5.92 Å². The molecule has 1 aliphatic heterocycles. The fourth-order valence-electron chi connectivity index (χ4n) is 2.34. The number of Topliss-reactive ketones (excluding diaryl/α,β-unsaturated/α-hetero) is 1. The Labute approximate surface area is 108 Å². The Morgan fingerprint density at radius 2 is 2.17 bits per heavy atom. The number of ketones is 1. The Balaban J connectivity index is 1.92. The SMILES string of the molecule is COc1ccc(C[C@H](C)C(=O)[C@H]2CCCO2)cc1. The zero-order valence-corrected chi connectivity index (χ0v) is 11.0. The quantitative estimate of drug-likeness (QED) is 0.803. The van der Waals surface area contributed by atoms with Crippen molar-refractivity contribution in [2.45, 2.75) is 32.3 Å². The molecule has 2 rings (SSSR count). The molecule has 0 bridgehead atoms. The molecule has 1 aromatic carbocycles. The number of ether oxygens (including phenoxy) is 2. The summed E-state index contributed by atoms with van der Waals surface area (Å²) in [5, 5.41) is 0. The maximum Gasteiger partial charge on any atom is 0.164 e. The van der Waals surface area contributed by atoms with E-state index in [0.717, 1.165) is 37.2 Å². The van der Waals surface area contributed by atoms with Crippen molar-refractivity contribution in [1.29, 1.82) is 0 Å². The topological polar surface area (TPSA) is 35.5 Å². The molecule has 3 heteroatoms. The molecular weight excluding hydrogens is 228 g/mol. The summed E-state index contributed by atoms with van der Waals surface area (Å²) in [5.41, 5.74) is 1.16. The second-order valence-corrected chi connectivity index (χ2v) is 4.86. The highest BCUT2D eigenvalue weighted by molar-refractivity contribution is 5.85. The van der Waals surface area contributed by atoms with Crippen molar-refractivity contribution in [3.05, 3.63) is 29.8 Å². The third-order valence-electron chi connectivity index (χ3n) is 3.43. The molecule has 2 atom stereocenters. The molecule has 0 aromatic heterocycles.